The maximum atomic E-state index is 13.3. The van der Waals surface area contributed by atoms with Gasteiger partial charge in [0.15, 0.2) is 0 Å². The second-order valence-electron chi connectivity index (χ2n) is 5.15. The molecule has 1 amide bonds. The first kappa shape index (κ1) is 16.7. The summed E-state index contributed by atoms with van der Waals surface area (Å²) < 4.78 is 19.4. The van der Waals surface area contributed by atoms with Gasteiger partial charge in [-0.2, -0.15) is 5.10 Å². The van der Waals surface area contributed by atoms with E-state index in [2.05, 4.69) is 10.5 Å². The lowest BCUT2D eigenvalue weighted by Gasteiger charge is -2.02. The zero-order chi connectivity index (χ0) is 17.3. The van der Waals surface area contributed by atoms with Crippen LogP contribution < -0.4 is 5.43 Å². The molecule has 0 aliphatic carbocycles. The minimum Gasteiger partial charge on any atom is -0.460 e. The molecule has 2 heterocycles. The van der Waals surface area contributed by atoms with Crippen molar-refractivity contribution in [3.63, 3.8) is 0 Å². The van der Waals surface area contributed by atoms with Gasteiger partial charge in [0.25, 0.3) is 5.91 Å². The van der Waals surface area contributed by atoms with Crippen molar-refractivity contribution in [3.8, 4) is 0 Å². The molecule has 0 saturated heterocycles. The van der Waals surface area contributed by atoms with E-state index in [1.807, 2.05) is 19.9 Å². The first-order valence-corrected chi connectivity index (χ1v) is 8.50. The van der Waals surface area contributed by atoms with E-state index in [4.69, 9.17) is 16.0 Å². The predicted molar refractivity (Wildman–Crippen MR) is 94.5 cm³/mol. The molecule has 1 N–H and O–H groups in total. The number of carbonyl (C=O) groups is 1. The first-order valence-electron chi connectivity index (χ1n) is 7.31. The molecule has 24 heavy (non-hydrogen) atoms. The van der Waals surface area contributed by atoms with Crippen molar-refractivity contribution < 1.29 is 13.6 Å². The van der Waals surface area contributed by atoms with Gasteiger partial charge in [-0.05, 0) is 43.7 Å². The SMILES string of the molecule is CC/C(=N\NC(=O)c1sc2cc(F)ccc2c1Cl)c1ccc(C)o1. The van der Waals surface area contributed by atoms with Gasteiger partial charge >= 0.3 is 0 Å². The molecule has 0 fully saturated rings. The van der Waals surface area contributed by atoms with E-state index < -0.39 is 5.91 Å². The second kappa shape index (κ2) is 6.75. The number of hydrazone groups is 1. The van der Waals surface area contributed by atoms with Gasteiger partial charge in [-0.15, -0.1) is 11.3 Å². The summed E-state index contributed by atoms with van der Waals surface area (Å²) in [6, 6.07) is 7.87. The number of amides is 1. The number of nitrogens with zero attached hydrogens (tertiary/aromatic N) is 1. The third-order valence-corrected chi connectivity index (χ3v) is 5.11. The van der Waals surface area contributed by atoms with Crippen molar-refractivity contribution >= 4 is 44.6 Å². The number of carbonyl (C=O) groups excluding carboxylic acids is 1. The number of thiophene rings is 1. The van der Waals surface area contributed by atoms with Crippen LogP contribution in [-0.4, -0.2) is 11.6 Å². The average Bonchev–Trinajstić information content (AvgIpc) is 3.12. The molecule has 3 aromatic rings. The highest BCUT2D eigenvalue weighted by atomic mass is 35.5. The minimum atomic E-state index is -0.434. The second-order valence-corrected chi connectivity index (χ2v) is 6.58. The van der Waals surface area contributed by atoms with Gasteiger partial charge in [-0.1, -0.05) is 18.5 Å². The number of aryl methyl sites for hydroxylation is 1. The Morgan fingerprint density at radius 3 is 2.83 bits per heavy atom. The molecule has 0 atom stereocenters. The van der Waals surface area contributed by atoms with Crippen LogP contribution in [-0.2, 0) is 0 Å². The highest BCUT2D eigenvalue weighted by Crippen LogP contribution is 2.35. The molecule has 2 aromatic heterocycles. The summed E-state index contributed by atoms with van der Waals surface area (Å²) in [7, 11) is 0. The van der Waals surface area contributed by atoms with E-state index in [-0.39, 0.29) is 5.82 Å². The van der Waals surface area contributed by atoms with Crippen LogP contribution in [0.25, 0.3) is 10.1 Å². The molecular weight excluding hydrogens is 351 g/mol. The Bertz CT molecular complexity index is 945. The summed E-state index contributed by atoms with van der Waals surface area (Å²) in [5.74, 6) is 0.578. The molecule has 0 aliphatic heterocycles. The Morgan fingerprint density at radius 1 is 1.38 bits per heavy atom. The molecule has 0 saturated carbocycles. The lowest BCUT2D eigenvalue weighted by Crippen LogP contribution is -2.19. The fraction of sp³-hybridized carbons (Fsp3) is 0.176. The van der Waals surface area contributed by atoms with E-state index in [9.17, 15) is 9.18 Å². The maximum Gasteiger partial charge on any atom is 0.283 e. The van der Waals surface area contributed by atoms with Crippen LogP contribution >= 0.6 is 22.9 Å². The number of furan rings is 1. The molecular formula is C17H14ClFN2O2S. The lowest BCUT2D eigenvalue weighted by molar-refractivity contribution is 0.0959. The summed E-state index contributed by atoms with van der Waals surface area (Å²) in [5, 5.41) is 5.08. The molecule has 1 aromatic carbocycles. The molecule has 0 radical (unpaired) electrons. The Labute approximate surface area is 146 Å². The van der Waals surface area contributed by atoms with Crippen molar-refractivity contribution in [3.05, 3.63) is 57.6 Å². The van der Waals surface area contributed by atoms with Gasteiger partial charge in [0.1, 0.15) is 27.9 Å². The van der Waals surface area contributed by atoms with Gasteiger partial charge in [0.05, 0.1) is 5.02 Å². The van der Waals surface area contributed by atoms with Crippen LogP contribution in [0.2, 0.25) is 5.02 Å². The van der Waals surface area contributed by atoms with Crippen molar-refractivity contribution in [1.82, 2.24) is 5.43 Å². The number of hydrogen-bond donors (Lipinski definition) is 1. The molecule has 3 rings (SSSR count). The standard InChI is InChI=1S/C17H14ClFN2O2S/c1-3-12(13-7-4-9(2)23-13)20-21-17(22)16-15(18)11-6-5-10(19)8-14(11)24-16/h4-8H,3H2,1-2H3,(H,21,22)/b20-12+. The van der Waals surface area contributed by atoms with Gasteiger partial charge < -0.3 is 4.42 Å². The highest BCUT2D eigenvalue weighted by molar-refractivity contribution is 7.21. The number of halogens is 2. The van der Waals surface area contributed by atoms with E-state index in [1.54, 1.807) is 12.1 Å². The topological polar surface area (TPSA) is 54.6 Å². The zero-order valence-corrected chi connectivity index (χ0v) is 14.6. The van der Waals surface area contributed by atoms with Crippen LogP contribution in [0.1, 0.15) is 34.5 Å². The molecule has 0 unspecified atom stereocenters. The normalized spacial score (nSPS) is 11.9. The van der Waals surface area contributed by atoms with E-state index in [0.717, 1.165) is 17.1 Å². The summed E-state index contributed by atoms with van der Waals surface area (Å²) in [5.41, 5.74) is 3.12. The van der Waals surface area contributed by atoms with Crippen LogP contribution in [0.15, 0.2) is 39.9 Å². The highest BCUT2D eigenvalue weighted by Gasteiger charge is 2.17. The van der Waals surface area contributed by atoms with E-state index in [1.165, 1.54) is 12.1 Å². The fourth-order valence-corrected chi connectivity index (χ4v) is 3.68. The van der Waals surface area contributed by atoms with Gasteiger partial charge in [-0.25, -0.2) is 9.82 Å². The Balaban J connectivity index is 1.87. The van der Waals surface area contributed by atoms with Crippen LogP contribution in [0, 0.1) is 12.7 Å². The van der Waals surface area contributed by atoms with Gasteiger partial charge in [-0.3, -0.25) is 4.79 Å². The molecule has 4 nitrogen and oxygen atoms in total. The maximum absolute atomic E-state index is 13.3. The number of rotatable bonds is 4. The van der Waals surface area contributed by atoms with Gasteiger partial charge in [0.2, 0.25) is 0 Å². The third-order valence-electron chi connectivity index (χ3n) is 3.45. The van der Waals surface area contributed by atoms with Gasteiger partial charge in [0, 0.05) is 10.1 Å². The summed E-state index contributed by atoms with van der Waals surface area (Å²) in [6.07, 6.45) is 0.596. The molecule has 124 valence electrons. The molecule has 0 spiro atoms. The monoisotopic (exact) mass is 364 g/mol. The minimum absolute atomic E-state index is 0.298. The van der Waals surface area contributed by atoms with Crippen molar-refractivity contribution in [2.75, 3.05) is 0 Å². The van der Waals surface area contributed by atoms with Crippen molar-refractivity contribution in [2.24, 2.45) is 5.10 Å². The molecule has 0 bridgehead atoms. The van der Waals surface area contributed by atoms with Crippen LogP contribution in [0.4, 0.5) is 4.39 Å². The van der Waals surface area contributed by atoms with Crippen molar-refractivity contribution in [2.45, 2.75) is 20.3 Å². The Hall–Kier alpha value is -2.18. The number of benzene rings is 1. The van der Waals surface area contributed by atoms with Crippen LogP contribution in [0.5, 0.6) is 0 Å². The van der Waals surface area contributed by atoms with Crippen molar-refractivity contribution in [1.29, 1.82) is 0 Å². The molecule has 0 aliphatic rings. The first-order chi connectivity index (χ1) is 11.5. The number of hydrogen-bond acceptors (Lipinski definition) is 4. The van der Waals surface area contributed by atoms with E-state index >= 15 is 0 Å². The Kier molecular flexibility index (Phi) is 4.69. The predicted octanol–water partition coefficient (Wildman–Crippen LogP) is 5.14. The number of nitrogens with one attached hydrogen (secondary N) is 1. The molecule has 7 heteroatoms. The summed E-state index contributed by atoms with van der Waals surface area (Å²) in [6.45, 7) is 3.75. The van der Waals surface area contributed by atoms with E-state index in [0.29, 0.717) is 37.9 Å². The average molecular weight is 365 g/mol. The Morgan fingerprint density at radius 2 is 2.17 bits per heavy atom. The fourth-order valence-electron chi connectivity index (χ4n) is 2.25. The quantitative estimate of drug-likeness (QED) is 0.514. The van der Waals surface area contributed by atoms with Crippen LogP contribution in [0.3, 0.4) is 0 Å². The summed E-state index contributed by atoms with van der Waals surface area (Å²) >= 11 is 7.36. The number of fused-ring (bicyclic) bond motifs is 1. The largest absolute Gasteiger partial charge is 0.460 e. The third kappa shape index (κ3) is 3.20. The summed E-state index contributed by atoms with van der Waals surface area (Å²) in [4.78, 5) is 12.7. The smallest absolute Gasteiger partial charge is 0.283 e. The zero-order valence-electron chi connectivity index (χ0n) is 13.0. The lowest BCUT2D eigenvalue weighted by atomic mass is 10.2.